The summed E-state index contributed by atoms with van der Waals surface area (Å²) in [5.74, 6) is -0.199. The Hall–Kier alpha value is -2.86. The summed E-state index contributed by atoms with van der Waals surface area (Å²) in [5.41, 5.74) is 3.50. The second kappa shape index (κ2) is 8.89. The number of hydrogen-bond acceptors (Lipinski definition) is 4. The summed E-state index contributed by atoms with van der Waals surface area (Å²) in [5, 5.41) is 9.10. The number of amides is 1. The molecule has 0 saturated carbocycles. The van der Waals surface area contributed by atoms with Crippen molar-refractivity contribution in [3.8, 4) is 5.75 Å². The number of carbonyl (C=O) groups is 2. The second-order valence-electron chi connectivity index (χ2n) is 7.27. The molecule has 0 bridgehead atoms. The van der Waals surface area contributed by atoms with Crippen molar-refractivity contribution in [2.24, 2.45) is 0 Å². The Balaban J connectivity index is 1.47. The molecule has 6 heteroatoms. The maximum absolute atomic E-state index is 12.4. The summed E-state index contributed by atoms with van der Waals surface area (Å²) in [6.07, 6.45) is 0. The van der Waals surface area contributed by atoms with E-state index >= 15 is 0 Å². The van der Waals surface area contributed by atoms with Gasteiger partial charge in [-0.1, -0.05) is 18.2 Å². The fourth-order valence-corrected chi connectivity index (χ4v) is 3.47. The fraction of sp³-hybridized carbons (Fsp3) is 0.364. The molecule has 0 spiro atoms. The first kappa shape index (κ1) is 19.9. The van der Waals surface area contributed by atoms with Gasteiger partial charge in [0.15, 0.2) is 6.61 Å². The van der Waals surface area contributed by atoms with Crippen LogP contribution >= 0.6 is 0 Å². The minimum absolute atomic E-state index is 0.00770. The van der Waals surface area contributed by atoms with Gasteiger partial charge in [0, 0.05) is 32.7 Å². The molecular formula is C22H26N2O4. The normalized spacial score (nSPS) is 14.7. The highest BCUT2D eigenvalue weighted by Gasteiger charge is 2.21. The van der Waals surface area contributed by atoms with Crippen molar-refractivity contribution in [3.05, 3.63) is 64.7 Å². The number of carboxylic acid groups (broad SMARTS) is 1. The Labute approximate surface area is 165 Å². The Kier molecular flexibility index (Phi) is 6.31. The predicted octanol–water partition coefficient (Wildman–Crippen LogP) is 2.72. The van der Waals surface area contributed by atoms with Gasteiger partial charge in [-0.05, 0) is 54.8 Å². The number of ether oxygens (including phenoxy) is 1. The first-order valence-electron chi connectivity index (χ1n) is 9.44. The van der Waals surface area contributed by atoms with Gasteiger partial charge in [0.05, 0.1) is 5.56 Å². The van der Waals surface area contributed by atoms with Crippen LogP contribution in [0.5, 0.6) is 5.75 Å². The van der Waals surface area contributed by atoms with Gasteiger partial charge in [-0.3, -0.25) is 9.69 Å². The monoisotopic (exact) mass is 382 g/mol. The summed E-state index contributed by atoms with van der Waals surface area (Å²) >= 11 is 0. The molecule has 3 rings (SSSR count). The van der Waals surface area contributed by atoms with Crippen molar-refractivity contribution in [1.29, 1.82) is 0 Å². The third-order valence-electron chi connectivity index (χ3n) is 4.86. The molecule has 0 unspecified atom stereocenters. The maximum atomic E-state index is 12.4. The number of nitrogens with zero attached hydrogens (tertiary/aromatic N) is 2. The molecule has 148 valence electrons. The van der Waals surface area contributed by atoms with Crippen LogP contribution in [-0.2, 0) is 11.3 Å². The molecule has 6 nitrogen and oxygen atoms in total. The number of hydrogen-bond donors (Lipinski definition) is 1. The molecule has 0 aliphatic carbocycles. The first-order chi connectivity index (χ1) is 13.4. The van der Waals surface area contributed by atoms with Crippen LogP contribution in [0.4, 0.5) is 0 Å². The van der Waals surface area contributed by atoms with Crippen molar-refractivity contribution >= 4 is 11.9 Å². The van der Waals surface area contributed by atoms with Gasteiger partial charge in [-0.15, -0.1) is 0 Å². The van der Waals surface area contributed by atoms with Crippen molar-refractivity contribution < 1.29 is 19.4 Å². The average molecular weight is 382 g/mol. The predicted molar refractivity (Wildman–Crippen MR) is 107 cm³/mol. The maximum Gasteiger partial charge on any atom is 0.335 e. The van der Waals surface area contributed by atoms with Gasteiger partial charge < -0.3 is 14.7 Å². The van der Waals surface area contributed by atoms with E-state index < -0.39 is 5.97 Å². The molecule has 1 N–H and O–H groups in total. The molecule has 28 heavy (non-hydrogen) atoms. The van der Waals surface area contributed by atoms with Gasteiger partial charge in [-0.2, -0.15) is 0 Å². The van der Waals surface area contributed by atoms with Crippen molar-refractivity contribution in [2.45, 2.75) is 20.4 Å². The van der Waals surface area contributed by atoms with Gasteiger partial charge in [-0.25, -0.2) is 4.79 Å². The standard InChI is InChI=1S/C22H26N2O4/c1-16-10-17(2)12-20(11-16)28-15-21(25)24-8-6-23(7-9-24)14-18-4-3-5-19(13-18)22(26)27/h3-5,10-13H,6-9,14-15H2,1-2H3,(H,26,27). The largest absolute Gasteiger partial charge is 0.484 e. The van der Waals surface area contributed by atoms with Crippen LogP contribution in [0.15, 0.2) is 42.5 Å². The zero-order valence-corrected chi connectivity index (χ0v) is 16.4. The topological polar surface area (TPSA) is 70.1 Å². The molecule has 2 aromatic carbocycles. The fourth-order valence-electron chi connectivity index (χ4n) is 3.47. The third-order valence-corrected chi connectivity index (χ3v) is 4.86. The van der Waals surface area contributed by atoms with E-state index in [1.165, 1.54) is 0 Å². The summed E-state index contributed by atoms with van der Waals surface area (Å²) in [6, 6.07) is 12.9. The summed E-state index contributed by atoms with van der Waals surface area (Å²) in [4.78, 5) is 27.6. The average Bonchev–Trinajstić information content (AvgIpc) is 2.66. The van der Waals surface area contributed by atoms with Gasteiger partial charge in [0.25, 0.3) is 5.91 Å². The molecule has 0 atom stereocenters. The van der Waals surface area contributed by atoms with Crippen LogP contribution in [0, 0.1) is 13.8 Å². The van der Waals surface area contributed by atoms with Crippen molar-refractivity contribution in [1.82, 2.24) is 9.80 Å². The van der Waals surface area contributed by atoms with Crippen LogP contribution in [-0.4, -0.2) is 59.6 Å². The summed E-state index contributed by atoms with van der Waals surface area (Å²) < 4.78 is 5.68. The van der Waals surface area contributed by atoms with Gasteiger partial charge in [0.2, 0.25) is 0 Å². The number of rotatable bonds is 6. The Bertz CT molecular complexity index is 837. The van der Waals surface area contributed by atoms with Crippen LogP contribution in [0.3, 0.4) is 0 Å². The summed E-state index contributed by atoms with van der Waals surface area (Å²) in [6.45, 7) is 7.55. The Morgan fingerprint density at radius 3 is 2.32 bits per heavy atom. The lowest BCUT2D eigenvalue weighted by molar-refractivity contribution is -0.135. The molecule has 2 aromatic rings. The smallest absolute Gasteiger partial charge is 0.335 e. The molecule has 0 radical (unpaired) electrons. The number of benzene rings is 2. The number of aryl methyl sites for hydroxylation is 2. The third kappa shape index (κ3) is 5.33. The molecule has 1 heterocycles. The zero-order chi connectivity index (χ0) is 20.1. The van der Waals surface area contributed by atoms with Crippen molar-refractivity contribution in [3.63, 3.8) is 0 Å². The molecule has 1 aliphatic heterocycles. The first-order valence-corrected chi connectivity index (χ1v) is 9.44. The molecule has 1 saturated heterocycles. The van der Waals surface area contributed by atoms with E-state index in [2.05, 4.69) is 11.0 Å². The van der Waals surface area contributed by atoms with Crippen LogP contribution in [0.25, 0.3) is 0 Å². The highest BCUT2D eigenvalue weighted by atomic mass is 16.5. The van der Waals surface area contributed by atoms with E-state index in [1.807, 2.05) is 36.9 Å². The molecule has 0 aromatic heterocycles. The molecule has 1 amide bonds. The molecule has 1 fully saturated rings. The van der Waals surface area contributed by atoms with E-state index in [4.69, 9.17) is 9.84 Å². The highest BCUT2D eigenvalue weighted by molar-refractivity contribution is 5.87. The van der Waals surface area contributed by atoms with E-state index in [9.17, 15) is 9.59 Å². The minimum Gasteiger partial charge on any atom is -0.484 e. The lowest BCUT2D eigenvalue weighted by Gasteiger charge is -2.34. The van der Waals surface area contributed by atoms with E-state index in [0.29, 0.717) is 25.2 Å². The summed E-state index contributed by atoms with van der Waals surface area (Å²) in [7, 11) is 0. The number of carboxylic acids is 1. The quantitative estimate of drug-likeness (QED) is 0.832. The highest BCUT2D eigenvalue weighted by Crippen LogP contribution is 2.16. The number of piperazine rings is 1. The van der Waals surface area contributed by atoms with Crippen LogP contribution in [0.1, 0.15) is 27.0 Å². The van der Waals surface area contributed by atoms with Crippen molar-refractivity contribution in [2.75, 3.05) is 32.8 Å². The van der Waals surface area contributed by atoms with E-state index in [-0.39, 0.29) is 12.5 Å². The minimum atomic E-state index is -0.916. The SMILES string of the molecule is Cc1cc(C)cc(OCC(=O)N2CCN(Cc3cccc(C(=O)O)c3)CC2)c1. The number of carbonyl (C=O) groups excluding carboxylic acids is 1. The molecular weight excluding hydrogens is 356 g/mol. The van der Waals surface area contributed by atoms with E-state index in [1.54, 1.807) is 18.2 Å². The Morgan fingerprint density at radius 2 is 1.68 bits per heavy atom. The van der Waals surface area contributed by atoms with Crippen LogP contribution < -0.4 is 4.74 Å². The van der Waals surface area contributed by atoms with Gasteiger partial charge >= 0.3 is 5.97 Å². The van der Waals surface area contributed by atoms with E-state index in [0.717, 1.165) is 35.5 Å². The van der Waals surface area contributed by atoms with Crippen LogP contribution in [0.2, 0.25) is 0 Å². The van der Waals surface area contributed by atoms with Gasteiger partial charge in [0.1, 0.15) is 5.75 Å². The zero-order valence-electron chi connectivity index (χ0n) is 16.4. The molecule has 1 aliphatic rings. The second-order valence-corrected chi connectivity index (χ2v) is 7.27. The lowest BCUT2D eigenvalue weighted by Crippen LogP contribution is -2.49. The number of aromatic carboxylic acids is 1. The Morgan fingerprint density at radius 1 is 1.00 bits per heavy atom. The lowest BCUT2D eigenvalue weighted by atomic mass is 10.1.